The van der Waals surface area contributed by atoms with Crippen LogP contribution in [0.4, 0.5) is 15.8 Å². The molecule has 2 aromatic carbocycles. The Morgan fingerprint density at radius 2 is 1.89 bits per heavy atom. The molecule has 140 valence electrons. The third-order valence-corrected chi connectivity index (χ3v) is 4.72. The monoisotopic (exact) mass is 386 g/mol. The van der Waals surface area contributed by atoms with Gasteiger partial charge < -0.3 is 16.1 Å². The lowest BCUT2D eigenvalue weighted by Crippen LogP contribution is -2.16. The molecule has 0 unspecified atom stereocenters. The van der Waals surface area contributed by atoms with E-state index < -0.39 is 5.82 Å². The number of nitrogens with two attached hydrogens (primary N) is 1. The summed E-state index contributed by atoms with van der Waals surface area (Å²) in [4.78, 5) is 14.1. The summed E-state index contributed by atoms with van der Waals surface area (Å²) in [5.74, 6) is 5.62. The molecule has 0 fully saturated rings. The molecule has 27 heavy (non-hydrogen) atoms. The number of nitrogens with one attached hydrogen (secondary N) is 1. The molecule has 0 saturated carbocycles. The highest BCUT2D eigenvalue weighted by Gasteiger charge is 2.16. The first-order valence-electron chi connectivity index (χ1n) is 8.11. The van der Waals surface area contributed by atoms with Crippen LogP contribution < -0.4 is 16.1 Å². The SMILES string of the molecule is CN(C)c1ccc(NC(=O)CSc2nnc(-c3ccccc3F)n2N)cc1. The second-order valence-electron chi connectivity index (χ2n) is 5.93. The summed E-state index contributed by atoms with van der Waals surface area (Å²) in [6.07, 6.45) is 0. The van der Waals surface area contributed by atoms with Crippen molar-refractivity contribution in [3.8, 4) is 11.4 Å². The van der Waals surface area contributed by atoms with Crippen LogP contribution in [0.15, 0.2) is 53.7 Å². The van der Waals surface area contributed by atoms with Crippen LogP contribution in [0.1, 0.15) is 0 Å². The maximum atomic E-state index is 13.9. The molecule has 0 bridgehead atoms. The molecule has 0 radical (unpaired) electrons. The van der Waals surface area contributed by atoms with E-state index in [4.69, 9.17) is 5.84 Å². The molecule has 0 aliphatic rings. The van der Waals surface area contributed by atoms with E-state index in [2.05, 4.69) is 15.5 Å². The lowest BCUT2D eigenvalue weighted by atomic mass is 10.2. The number of nitrogen functional groups attached to an aromatic ring is 1. The molecule has 0 spiro atoms. The Morgan fingerprint density at radius 1 is 1.19 bits per heavy atom. The summed E-state index contributed by atoms with van der Waals surface area (Å²) in [6, 6.07) is 13.7. The highest BCUT2D eigenvalue weighted by atomic mass is 32.2. The van der Waals surface area contributed by atoms with Crippen LogP contribution in [0.3, 0.4) is 0 Å². The first-order chi connectivity index (χ1) is 13.0. The molecular weight excluding hydrogens is 367 g/mol. The van der Waals surface area contributed by atoms with Crippen molar-refractivity contribution in [1.29, 1.82) is 0 Å². The minimum Gasteiger partial charge on any atom is -0.378 e. The van der Waals surface area contributed by atoms with Crippen molar-refractivity contribution in [3.63, 3.8) is 0 Å². The van der Waals surface area contributed by atoms with Gasteiger partial charge in [0, 0.05) is 25.5 Å². The third-order valence-electron chi connectivity index (χ3n) is 3.78. The number of hydrogen-bond donors (Lipinski definition) is 2. The molecule has 3 aromatic rings. The zero-order chi connectivity index (χ0) is 19.4. The Hall–Kier alpha value is -3.07. The van der Waals surface area contributed by atoms with Gasteiger partial charge in [-0.15, -0.1) is 10.2 Å². The van der Waals surface area contributed by atoms with Crippen LogP contribution in [0, 0.1) is 5.82 Å². The summed E-state index contributed by atoms with van der Waals surface area (Å²) in [7, 11) is 3.89. The molecule has 3 N–H and O–H groups in total. The first kappa shape index (κ1) is 18.7. The predicted molar refractivity (Wildman–Crippen MR) is 106 cm³/mol. The number of thioether (sulfide) groups is 1. The Kier molecular flexibility index (Phi) is 5.60. The van der Waals surface area contributed by atoms with E-state index >= 15 is 0 Å². The van der Waals surface area contributed by atoms with Crippen molar-refractivity contribution < 1.29 is 9.18 Å². The summed E-state index contributed by atoms with van der Waals surface area (Å²) in [5, 5.41) is 11.0. The standard InChI is InChI=1S/C18H19FN6OS/c1-24(2)13-9-7-12(8-10-13)21-16(26)11-27-18-23-22-17(25(18)20)14-5-3-4-6-15(14)19/h3-10H,11,20H2,1-2H3,(H,21,26). The maximum absolute atomic E-state index is 13.9. The fourth-order valence-corrected chi connectivity index (χ4v) is 3.03. The molecule has 0 atom stereocenters. The van der Waals surface area contributed by atoms with E-state index in [1.807, 2.05) is 43.3 Å². The van der Waals surface area contributed by atoms with Gasteiger partial charge in [0.2, 0.25) is 11.1 Å². The number of rotatable bonds is 6. The predicted octanol–water partition coefficient (Wildman–Crippen LogP) is 2.59. The first-order valence-corrected chi connectivity index (χ1v) is 9.09. The van der Waals surface area contributed by atoms with Crippen LogP contribution in [-0.4, -0.2) is 40.6 Å². The summed E-state index contributed by atoms with van der Waals surface area (Å²) in [6.45, 7) is 0. The maximum Gasteiger partial charge on any atom is 0.234 e. The Morgan fingerprint density at radius 3 is 2.56 bits per heavy atom. The van der Waals surface area contributed by atoms with Gasteiger partial charge in [0.15, 0.2) is 5.82 Å². The van der Waals surface area contributed by atoms with E-state index in [1.54, 1.807) is 18.2 Å². The fraction of sp³-hybridized carbons (Fsp3) is 0.167. The summed E-state index contributed by atoms with van der Waals surface area (Å²) >= 11 is 1.13. The van der Waals surface area contributed by atoms with E-state index in [-0.39, 0.29) is 23.0 Å². The van der Waals surface area contributed by atoms with Gasteiger partial charge in [0.25, 0.3) is 0 Å². The third kappa shape index (κ3) is 4.37. The Balaban J connectivity index is 1.62. The highest BCUT2D eigenvalue weighted by Crippen LogP contribution is 2.24. The summed E-state index contributed by atoms with van der Waals surface area (Å²) < 4.78 is 15.1. The van der Waals surface area contributed by atoms with Gasteiger partial charge in [-0.3, -0.25) is 4.79 Å². The molecule has 7 nitrogen and oxygen atoms in total. The zero-order valence-corrected chi connectivity index (χ0v) is 15.7. The average molecular weight is 386 g/mol. The molecule has 0 aliphatic carbocycles. The van der Waals surface area contributed by atoms with Crippen molar-refractivity contribution >= 4 is 29.0 Å². The summed E-state index contributed by atoms with van der Waals surface area (Å²) in [5.41, 5.74) is 2.00. The van der Waals surface area contributed by atoms with Crippen molar-refractivity contribution in [2.24, 2.45) is 0 Å². The highest BCUT2D eigenvalue weighted by molar-refractivity contribution is 7.99. The number of carbonyl (C=O) groups is 1. The van der Waals surface area contributed by atoms with Crippen LogP contribution in [0.2, 0.25) is 0 Å². The number of amides is 1. The van der Waals surface area contributed by atoms with Gasteiger partial charge in [-0.1, -0.05) is 23.9 Å². The topological polar surface area (TPSA) is 89.1 Å². The van der Waals surface area contributed by atoms with Gasteiger partial charge in [0.05, 0.1) is 11.3 Å². The zero-order valence-electron chi connectivity index (χ0n) is 14.9. The van der Waals surface area contributed by atoms with Crippen molar-refractivity contribution in [2.75, 3.05) is 35.9 Å². The van der Waals surface area contributed by atoms with Crippen LogP contribution in [0.25, 0.3) is 11.4 Å². The second kappa shape index (κ2) is 8.09. The lowest BCUT2D eigenvalue weighted by Gasteiger charge is -2.13. The number of halogens is 1. The van der Waals surface area contributed by atoms with Crippen LogP contribution >= 0.6 is 11.8 Å². The van der Waals surface area contributed by atoms with E-state index in [9.17, 15) is 9.18 Å². The molecule has 9 heteroatoms. The Bertz CT molecular complexity index is 941. The molecular formula is C18H19FN6OS. The second-order valence-corrected chi connectivity index (χ2v) is 6.88. The minimum atomic E-state index is -0.438. The van der Waals surface area contributed by atoms with E-state index in [0.29, 0.717) is 10.8 Å². The minimum absolute atomic E-state index is 0.0992. The van der Waals surface area contributed by atoms with Crippen molar-refractivity contribution in [3.05, 3.63) is 54.3 Å². The normalized spacial score (nSPS) is 10.6. The molecule has 1 amide bonds. The molecule has 3 rings (SSSR count). The number of hydrogen-bond acceptors (Lipinski definition) is 6. The van der Waals surface area contributed by atoms with Crippen LogP contribution in [-0.2, 0) is 4.79 Å². The van der Waals surface area contributed by atoms with Crippen molar-refractivity contribution in [2.45, 2.75) is 5.16 Å². The van der Waals surface area contributed by atoms with E-state index in [1.165, 1.54) is 10.7 Å². The molecule has 0 saturated heterocycles. The van der Waals surface area contributed by atoms with Gasteiger partial charge >= 0.3 is 0 Å². The van der Waals surface area contributed by atoms with Gasteiger partial charge in [-0.2, -0.15) is 0 Å². The largest absolute Gasteiger partial charge is 0.378 e. The lowest BCUT2D eigenvalue weighted by molar-refractivity contribution is -0.113. The molecule has 1 heterocycles. The number of nitrogens with zero attached hydrogens (tertiary/aromatic N) is 4. The number of carbonyl (C=O) groups excluding carboxylic acids is 1. The molecule has 0 aliphatic heterocycles. The van der Waals surface area contributed by atoms with Crippen molar-refractivity contribution in [1.82, 2.24) is 14.9 Å². The Labute approximate surface area is 160 Å². The average Bonchev–Trinajstić information content (AvgIpc) is 3.01. The van der Waals surface area contributed by atoms with Gasteiger partial charge in [-0.25, -0.2) is 9.07 Å². The fourth-order valence-electron chi connectivity index (χ4n) is 2.37. The number of anilines is 2. The number of aromatic nitrogens is 3. The number of benzene rings is 2. The van der Waals surface area contributed by atoms with Gasteiger partial charge in [-0.05, 0) is 36.4 Å². The quantitative estimate of drug-likeness (QED) is 0.500. The molecule has 1 aromatic heterocycles. The van der Waals surface area contributed by atoms with Crippen LogP contribution in [0.5, 0.6) is 0 Å². The van der Waals surface area contributed by atoms with E-state index in [0.717, 1.165) is 17.4 Å². The van der Waals surface area contributed by atoms with Gasteiger partial charge in [0.1, 0.15) is 5.82 Å². The smallest absolute Gasteiger partial charge is 0.234 e.